The van der Waals surface area contributed by atoms with Crippen LogP contribution in [0.4, 0.5) is 19.0 Å². The van der Waals surface area contributed by atoms with Crippen molar-refractivity contribution in [3.63, 3.8) is 0 Å². The van der Waals surface area contributed by atoms with Gasteiger partial charge in [0.25, 0.3) is 0 Å². The number of amides is 1. The molecule has 4 aromatic rings. The van der Waals surface area contributed by atoms with E-state index in [1.54, 1.807) is 6.07 Å². The number of benzene rings is 1. The fourth-order valence-corrected chi connectivity index (χ4v) is 4.32. The van der Waals surface area contributed by atoms with Crippen molar-refractivity contribution >= 4 is 22.6 Å². The first-order valence-corrected chi connectivity index (χ1v) is 11.5. The smallest absolute Gasteiger partial charge is 0.369 e. The summed E-state index contributed by atoms with van der Waals surface area (Å²) in [7, 11) is 0. The van der Waals surface area contributed by atoms with E-state index < -0.39 is 12.1 Å². The summed E-state index contributed by atoms with van der Waals surface area (Å²) in [5, 5.41) is 7.54. The van der Waals surface area contributed by atoms with Gasteiger partial charge in [-0.15, -0.1) is 0 Å². The number of para-hydroxylation sites is 1. The average Bonchev–Trinajstić information content (AvgIpc) is 3.40. The van der Waals surface area contributed by atoms with Crippen LogP contribution in [0, 0.1) is 0 Å². The maximum atomic E-state index is 12.8. The van der Waals surface area contributed by atoms with Crippen LogP contribution in [0.3, 0.4) is 0 Å². The Labute approximate surface area is 203 Å². The number of fused-ring (bicyclic) bond motifs is 1. The molecule has 0 aliphatic carbocycles. The number of carbonyl (C=O) groups is 1. The number of piperidine rings is 1. The normalized spacial score (nSPS) is 14.8. The van der Waals surface area contributed by atoms with Gasteiger partial charge < -0.3 is 14.7 Å². The number of carbonyl (C=O) groups excluding carboxylic acids is 1. The van der Waals surface area contributed by atoms with Gasteiger partial charge in [0, 0.05) is 37.6 Å². The van der Waals surface area contributed by atoms with Crippen LogP contribution in [0.2, 0.25) is 0 Å². The molecule has 4 heterocycles. The molecular formula is C24H22F3N7O2. The van der Waals surface area contributed by atoms with Gasteiger partial charge in [-0.1, -0.05) is 17.3 Å². The molecule has 5 rings (SSSR count). The number of likely N-dealkylation sites (tertiary alicyclic amines) is 1. The third kappa shape index (κ3) is 5.11. The molecule has 36 heavy (non-hydrogen) atoms. The Morgan fingerprint density at radius 3 is 2.69 bits per heavy atom. The van der Waals surface area contributed by atoms with Crippen LogP contribution in [-0.2, 0) is 11.0 Å². The SMILES string of the molecule is O=C(CCNc1ncnc2ccccc12)N1CCC(c2ccnc(-c3noc(C(F)(F)F)n3)c2)CC1. The highest BCUT2D eigenvalue weighted by molar-refractivity contribution is 5.88. The predicted octanol–water partition coefficient (Wildman–Crippen LogP) is 4.30. The molecule has 0 radical (unpaired) electrons. The third-order valence-electron chi connectivity index (χ3n) is 6.17. The van der Waals surface area contributed by atoms with Gasteiger partial charge >= 0.3 is 12.1 Å². The molecule has 0 unspecified atom stereocenters. The lowest BCUT2D eigenvalue weighted by Crippen LogP contribution is -2.38. The number of aromatic nitrogens is 5. The zero-order valence-electron chi connectivity index (χ0n) is 19.1. The van der Waals surface area contributed by atoms with Crippen molar-refractivity contribution in [3.8, 4) is 11.5 Å². The van der Waals surface area contributed by atoms with Crippen LogP contribution in [0.5, 0.6) is 0 Å². The first kappa shape index (κ1) is 23.6. The molecule has 1 N–H and O–H groups in total. The van der Waals surface area contributed by atoms with Crippen molar-refractivity contribution in [2.75, 3.05) is 25.0 Å². The first-order valence-electron chi connectivity index (χ1n) is 11.5. The molecule has 1 aromatic carbocycles. The van der Waals surface area contributed by atoms with Crippen LogP contribution in [0.25, 0.3) is 22.4 Å². The molecule has 3 aromatic heterocycles. The van der Waals surface area contributed by atoms with E-state index in [0.29, 0.717) is 31.9 Å². The number of nitrogens with one attached hydrogen (secondary N) is 1. The van der Waals surface area contributed by atoms with E-state index in [1.165, 1.54) is 12.5 Å². The number of rotatable bonds is 6. The summed E-state index contributed by atoms with van der Waals surface area (Å²) in [6.45, 7) is 1.65. The molecule has 0 saturated carbocycles. The van der Waals surface area contributed by atoms with Crippen LogP contribution >= 0.6 is 0 Å². The highest BCUT2D eigenvalue weighted by atomic mass is 19.4. The summed E-state index contributed by atoms with van der Waals surface area (Å²) in [6.07, 6.45) is 0.116. The Bertz CT molecular complexity index is 1360. The summed E-state index contributed by atoms with van der Waals surface area (Å²) in [5.41, 5.74) is 1.97. The van der Waals surface area contributed by atoms with Crippen molar-refractivity contribution in [1.82, 2.24) is 30.0 Å². The molecule has 1 saturated heterocycles. The van der Waals surface area contributed by atoms with E-state index >= 15 is 0 Å². The third-order valence-corrected chi connectivity index (χ3v) is 6.17. The number of nitrogens with zero attached hydrogens (tertiary/aromatic N) is 6. The summed E-state index contributed by atoms with van der Waals surface area (Å²) in [6, 6.07) is 11.2. The lowest BCUT2D eigenvalue weighted by atomic mass is 9.89. The van der Waals surface area contributed by atoms with Gasteiger partial charge in [0.15, 0.2) is 0 Å². The minimum absolute atomic E-state index is 0.0567. The fraction of sp³-hybridized carbons (Fsp3) is 0.333. The molecule has 9 nitrogen and oxygen atoms in total. The van der Waals surface area contributed by atoms with Crippen molar-refractivity contribution in [2.24, 2.45) is 0 Å². The van der Waals surface area contributed by atoms with Gasteiger partial charge in [0.2, 0.25) is 11.7 Å². The van der Waals surface area contributed by atoms with Crippen molar-refractivity contribution in [1.29, 1.82) is 0 Å². The van der Waals surface area contributed by atoms with Gasteiger partial charge in [0.05, 0.1) is 5.52 Å². The molecule has 1 amide bonds. The number of alkyl halides is 3. The summed E-state index contributed by atoms with van der Waals surface area (Å²) in [5.74, 6) is -0.708. The predicted molar refractivity (Wildman–Crippen MR) is 124 cm³/mol. The van der Waals surface area contributed by atoms with E-state index in [4.69, 9.17) is 0 Å². The lowest BCUT2D eigenvalue weighted by Gasteiger charge is -2.32. The van der Waals surface area contributed by atoms with E-state index in [0.717, 1.165) is 29.3 Å². The molecular weight excluding hydrogens is 475 g/mol. The quantitative estimate of drug-likeness (QED) is 0.420. The molecule has 186 valence electrons. The van der Waals surface area contributed by atoms with Crippen LogP contribution in [-0.4, -0.2) is 55.5 Å². The minimum Gasteiger partial charge on any atom is -0.369 e. The van der Waals surface area contributed by atoms with E-state index in [2.05, 4.69) is 34.9 Å². The molecule has 1 fully saturated rings. The number of anilines is 1. The highest BCUT2D eigenvalue weighted by Crippen LogP contribution is 2.32. The van der Waals surface area contributed by atoms with Gasteiger partial charge in [-0.2, -0.15) is 18.2 Å². The maximum Gasteiger partial charge on any atom is 0.471 e. The standard InChI is InChI=1S/C24H22F3N7O2/c25-24(26,27)23-32-22(33-36-23)19-13-16(5-9-28-19)15-7-11-34(12-8-15)20(35)6-10-29-21-17-3-1-2-4-18(17)30-14-31-21/h1-5,9,13-15H,6-8,10-12H2,(H,29,30,31). The van der Waals surface area contributed by atoms with Crippen LogP contribution < -0.4 is 5.32 Å². The zero-order chi connectivity index (χ0) is 25.1. The van der Waals surface area contributed by atoms with Crippen LogP contribution in [0.1, 0.15) is 36.6 Å². The summed E-state index contributed by atoms with van der Waals surface area (Å²) < 4.78 is 42.6. The Balaban J connectivity index is 1.15. The van der Waals surface area contributed by atoms with Crippen molar-refractivity contribution in [3.05, 3.63) is 60.4 Å². The second-order valence-electron chi connectivity index (χ2n) is 8.47. The Kier molecular flexibility index (Phi) is 6.49. The van der Waals surface area contributed by atoms with Crippen molar-refractivity contribution < 1.29 is 22.5 Å². The molecule has 1 aliphatic rings. The number of hydrogen-bond donors (Lipinski definition) is 1. The lowest BCUT2D eigenvalue weighted by molar-refractivity contribution is -0.159. The Morgan fingerprint density at radius 2 is 1.92 bits per heavy atom. The molecule has 0 spiro atoms. The minimum atomic E-state index is -4.71. The second-order valence-corrected chi connectivity index (χ2v) is 8.47. The number of hydrogen-bond acceptors (Lipinski definition) is 8. The molecule has 0 bridgehead atoms. The van der Waals surface area contributed by atoms with Crippen molar-refractivity contribution in [2.45, 2.75) is 31.4 Å². The topological polar surface area (TPSA) is 110 Å². The van der Waals surface area contributed by atoms with Gasteiger partial charge in [0.1, 0.15) is 17.8 Å². The van der Waals surface area contributed by atoms with Crippen LogP contribution in [0.15, 0.2) is 53.4 Å². The maximum absolute atomic E-state index is 12.8. The summed E-state index contributed by atoms with van der Waals surface area (Å²) >= 11 is 0. The van der Waals surface area contributed by atoms with E-state index in [9.17, 15) is 18.0 Å². The molecule has 0 atom stereocenters. The number of pyridine rings is 1. The second kappa shape index (κ2) is 9.88. The van der Waals surface area contributed by atoms with Gasteiger partial charge in [-0.25, -0.2) is 9.97 Å². The first-order chi connectivity index (χ1) is 17.4. The Morgan fingerprint density at radius 1 is 1.11 bits per heavy atom. The zero-order valence-corrected chi connectivity index (χ0v) is 19.1. The Hall–Kier alpha value is -4.09. The average molecular weight is 497 g/mol. The van der Waals surface area contributed by atoms with E-state index in [-0.39, 0.29) is 23.3 Å². The van der Waals surface area contributed by atoms with E-state index in [1.807, 2.05) is 35.2 Å². The number of halogens is 3. The van der Waals surface area contributed by atoms with Gasteiger partial charge in [-0.05, 0) is 48.6 Å². The summed E-state index contributed by atoms with van der Waals surface area (Å²) in [4.78, 5) is 30.6. The largest absolute Gasteiger partial charge is 0.471 e. The monoisotopic (exact) mass is 497 g/mol. The fourth-order valence-electron chi connectivity index (χ4n) is 4.32. The van der Waals surface area contributed by atoms with Gasteiger partial charge in [-0.3, -0.25) is 9.78 Å². The highest BCUT2D eigenvalue weighted by Gasteiger charge is 2.38. The molecule has 12 heteroatoms. The molecule has 1 aliphatic heterocycles.